The van der Waals surface area contributed by atoms with Gasteiger partial charge in [0.25, 0.3) is 0 Å². The maximum absolute atomic E-state index is 8.33. The van der Waals surface area contributed by atoms with Crippen molar-refractivity contribution in [1.29, 1.82) is 10.8 Å². The van der Waals surface area contributed by atoms with Crippen molar-refractivity contribution in [2.24, 2.45) is 12.8 Å². The molecule has 0 saturated heterocycles. The quantitative estimate of drug-likeness (QED) is 0.0859. The predicted octanol–water partition coefficient (Wildman–Crippen LogP) is 12.3. The van der Waals surface area contributed by atoms with Crippen molar-refractivity contribution in [3.63, 3.8) is 0 Å². The van der Waals surface area contributed by atoms with Crippen molar-refractivity contribution < 1.29 is 0 Å². The molecule has 0 radical (unpaired) electrons. The average Bonchev–Trinajstić information content (AvgIpc) is 3.82. The highest BCUT2D eigenvalue weighted by molar-refractivity contribution is 6.22. The summed E-state index contributed by atoms with van der Waals surface area (Å²) in [6.07, 6.45) is 8.45. The summed E-state index contributed by atoms with van der Waals surface area (Å²) in [5.74, 6) is 0. The minimum atomic E-state index is 0.316. The molecule has 0 aliphatic rings. The van der Waals surface area contributed by atoms with Gasteiger partial charge in [0.1, 0.15) is 0 Å². The molecule has 0 aliphatic heterocycles. The van der Waals surface area contributed by atoms with E-state index in [-0.39, 0.29) is 0 Å². The summed E-state index contributed by atoms with van der Waals surface area (Å²) < 4.78 is 4.82. The largest absolute Gasteiger partial charge is 0.398 e. The second-order valence-corrected chi connectivity index (χ2v) is 14.3. The first-order chi connectivity index (χ1) is 28.4. The first-order valence-electron chi connectivity index (χ1n) is 19.2. The van der Waals surface area contributed by atoms with E-state index in [1.54, 1.807) is 30.5 Å². The van der Waals surface area contributed by atoms with E-state index in [0.717, 1.165) is 27.9 Å². The van der Waals surface area contributed by atoms with E-state index in [4.69, 9.17) is 16.6 Å². The topological polar surface area (TPSA) is 95.9 Å². The molecule has 0 unspecified atom stereocenters. The molecule has 4 heterocycles. The Morgan fingerprint density at radius 1 is 0.586 bits per heavy atom. The number of nitrogens with zero attached hydrogens (tertiary/aromatic N) is 3. The molecule has 0 bridgehead atoms. The first-order valence-corrected chi connectivity index (χ1v) is 19.2. The van der Waals surface area contributed by atoms with Crippen LogP contribution in [-0.2, 0) is 7.05 Å². The number of para-hydroxylation sites is 2. The van der Waals surface area contributed by atoms with Crippen LogP contribution in [0.4, 0.5) is 0 Å². The number of aromatic nitrogens is 3. The third kappa shape index (κ3) is 6.33. The van der Waals surface area contributed by atoms with Crippen LogP contribution in [0, 0.1) is 10.8 Å². The lowest BCUT2D eigenvalue weighted by Crippen LogP contribution is -2.03. The fraction of sp³-hybridized carbons (Fsp3) is 0.0192. The Morgan fingerprint density at radius 3 is 1.84 bits per heavy atom. The molecular formula is C52H40N6. The van der Waals surface area contributed by atoms with Gasteiger partial charge in [0.05, 0.1) is 39.2 Å². The van der Waals surface area contributed by atoms with Crippen molar-refractivity contribution in [3.05, 3.63) is 211 Å². The minimum absolute atomic E-state index is 0.316. The smallest absolute Gasteiger partial charge is 0.0779 e. The number of fused-ring (bicyclic) bond motifs is 12. The van der Waals surface area contributed by atoms with Gasteiger partial charge < -0.3 is 25.5 Å². The molecule has 10 rings (SSSR count). The summed E-state index contributed by atoms with van der Waals surface area (Å²) in [5.41, 5.74) is 18.1. The molecule has 0 spiro atoms. The number of nitrogens with one attached hydrogen (secondary N) is 2. The van der Waals surface area contributed by atoms with Crippen LogP contribution in [0.1, 0.15) is 16.7 Å². The van der Waals surface area contributed by atoms with Gasteiger partial charge in [-0.3, -0.25) is 4.98 Å². The summed E-state index contributed by atoms with van der Waals surface area (Å²) >= 11 is 0. The average molecular weight is 749 g/mol. The van der Waals surface area contributed by atoms with E-state index in [0.29, 0.717) is 17.1 Å². The van der Waals surface area contributed by atoms with Gasteiger partial charge in [-0.1, -0.05) is 146 Å². The summed E-state index contributed by atoms with van der Waals surface area (Å²) in [6.45, 7) is 3.60. The van der Waals surface area contributed by atoms with E-state index in [1.807, 2.05) is 66.7 Å². The molecule has 0 fully saturated rings. The predicted molar refractivity (Wildman–Crippen MR) is 245 cm³/mol. The first kappa shape index (κ1) is 35.8. The van der Waals surface area contributed by atoms with E-state index in [2.05, 4.69) is 119 Å². The maximum Gasteiger partial charge on any atom is 0.0779 e. The minimum Gasteiger partial charge on any atom is -0.398 e. The Balaban J connectivity index is 0.000000150. The number of nitrogens with two attached hydrogens (primary N) is 1. The highest BCUT2D eigenvalue weighted by atomic mass is 15.0. The fourth-order valence-electron chi connectivity index (χ4n) is 8.02. The second-order valence-electron chi connectivity index (χ2n) is 14.3. The van der Waals surface area contributed by atoms with Crippen LogP contribution in [0.5, 0.6) is 0 Å². The number of pyridine rings is 2. The maximum atomic E-state index is 8.33. The lowest BCUT2D eigenvalue weighted by molar-refractivity contribution is 1.02. The van der Waals surface area contributed by atoms with Gasteiger partial charge in [-0.25, -0.2) is 0 Å². The van der Waals surface area contributed by atoms with Crippen molar-refractivity contribution in [1.82, 2.24) is 14.0 Å². The third-order valence-corrected chi connectivity index (χ3v) is 10.9. The standard InChI is InChI=1S/C27H18N2.C25H22N4/c1-28-23-12-6-4-11-21(23)22-15-14-17-16-25-20-10-3-2-8-18(20)19-9-5-7-13-24(19)29(25)26(17)27(22)28;1-2-3-6-22(26)18-8-10-19(11-9-18)23(27)17-24(28)20-12-14-21(15-13-20)25-7-4-5-16-29-25/h2-16H,1H3;2-17,26-27H,1,28H2/b;6-3-,24-17-,26-22?,27-23?. The molecule has 58 heavy (non-hydrogen) atoms. The fourth-order valence-corrected chi connectivity index (χ4v) is 8.02. The molecule has 6 aromatic carbocycles. The van der Waals surface area contributed by atoms with Crippen molar-refractivity contribution in [2.45, 2.75) is 0 Å². The van der Waals surface area contributed by atoms with Gasteiger partial charge in [-0.15, -0.1) is 0 Å². The van der Waals surface area contributed by atoms with E-state index in [9.17, 15) is 0 Å². The SMILES string of the molecule is C=C/C=C\C(=N)c1ccc(C(=N)/C=C(\N)c2ccc(-c3ccccn3)cc2)cc1.Cn1c2ccccc2c2ccc3cc4c5ccccc5c5ccccc5n4c3c21. The summed E-state index contributed by atoms with van der Waals surface area (Å²) in [7, 11) is 2.19. The van der Waals surface area contributed by atoms with E-state index < -0.39 is 0 Å². The zero-order valence-corrected chi connectivity index (χ0v) is 32.0. The molecule has 4 N–H and O–H groups in total. The van der Waals surface area contributed by atoms with Gasteiger partial charge in [0, 0.05) is 57.0 Å². The molecule has 6 heteroatoms. The Kier molecular flexibility index (Phi) is 9.28. The molecule has 0 saturated carbocycles. The van der Waals surface area contributed by atoms with Gasteiger partial charge >= 0.3 is 0 Å². The highest BCUT2D eigenvalue weighted by Crippen LogP contribution is 2.39. The van der Waals surface area contributed by atoms with Gasteiger partial charge in [-0.05, 0) is 64.6 Å². The Morgan fingerprint density at radius 2 is 1.17 bits per heavy atom. The normalized spacial score (nSPS) is 11.8. The molecule has 10 aromatic rings. The summed E-state index contributed by atoms with van der Waals surface area (Å²) in [5, 5.41) is 24.1. The Bertz CT molecular complexity index is 3270. The Hall–Kier alpha value is -7.83. The van der Waals surface area contributed by atoms with Gasteiger partial charge in [0.15, 0.2) is 0 Å². The molecular weight excluding hydrogens is 709 g/mol. The Labute approximate surface area is 336 Å². The third-order valence-electron chi connectivity index (χ3n) is 10.9. The number of rotatable bonds is 7. The van der Waals surface area contributed by atoms with Crippen LogP contribution < -0.4 is 5.73 Å². The van der Waals surface area contributed by atoms with Crippen LogP contribution >= 0.6 is 0 Å². The van der Waals surface area contributed by atoms with E-state index in [1.165, 1.54) is 59.9 Å². The highest BCUT2D eigenvalue weighted by Gasteiger charge is 2.17. The molecule has 0 atom stereocenters. The number of hydrogen-bond acceptors (Lipinski definition) is 4. The van der Waals surface area contributed by atoms with Gasteiger partial charge in [0.2, 0.25) is 0 Å². The summed E-state index contributed by atoms with van der Waals surface area (Å²) in [6, 6.07) is 54.0. The summed E-state index contributed by atoms with van der Waals surface area (Å²) in [4.78, 5) is 4.34. The monoisotopic (exact) mass is 748 g/mol. The molecule has 278 valence electrons. The molecule has 0 amide bonds. The van der Waals surface area contributed by atoms with Crippen LogP contribution in [0.15, 0.2) is 195 Å². The number of aryl methyl sites for hydroxylation is 1. The number of allylic oxidation sites excluding steroid dienone is 4. The van der Waals surface area contributed by atoms with Crippen LogP contribution in [0.25, 0.3) is 76.9 Å². The van der Waals surface area contributed by atoms with E-state index >= 15 is 0 Å². The molecule has 6 nitrogen and oxygen atoms in total. The lowest BCUT2D eigenvalue weighted by atomic mass is 10.0. The van der Waals surface area contributed by atoms with Crippen molar-refractivity contribution in [2.75, 3.05) is 0 Å². The zero-order chi connectivity index (χ0) is 39.8. The van der Waals surface area contributed by atoms with Crippen LogP contribution in [-0.4, -0.2) is 25.4 Å². The second kappa shape index (κ2) is 15.0. The zero-order valence-electron chi connectivity index (χ0n) is 32.0. The molecule has 0 aliphatic carbocycles. The number of hydrogen-bond donors (Lipinski definition) is 3. The number of benzene rings is 6. The molecule has 4 aromatic heterocycles. The van der Waals surface area contributed by atoms with Crippen molar-refractivity contribution >= 4 is 77.0 Å². The lowest BCUT2D eigenvalue weighted by Gasteiger charge is -2.11. The van der Waals surface area contributed by atoms with Crippen LogP contribution in [0.2, 0.25) is 0 Å². The van der Waals surface area contributed by atoms with Crippen molar-refractivity contribution in [3.8, 4) is 11.3 Å². The van der Waals surface area contributed by atoms with Crippen LogP contribution in [0.3, 0.4) is 0 Å². The van der Waals surface area contributed by atoms with Gasteiger partial charge in [-0.2, -0.15) is 0 Å².